The Hall–Kier alpha value is -0.420. The average molecular weight is 268 g/mol. The Kier molecular flexibility index (Phi) is 4.78. The summed E-state index contributed by atoms with van der Waals surface area (Å²) in [7, 11) is 0. The van der Waals surface area contributed by atoms with Gasteiger partial charge in [0.25, 0.3) is 0 Å². The van der Waals surface area contributed by atoms with Gasteiger partial charge < -0.3 is 10.1 Å². The van der Waals surface area contributed by atoms with E-state index < -0.39 is 0 Å². The fourth-order valence-electron chi connectivity index (χ4n) is 2.32. The van der Waals surface area contributed by atoms with Crippen molar-refractivity contribution in [2.45, 2.75) is 32.4 Å². The maximum atomic E-state index is 5.42. The molecule has 0 bridgehead atoms. The molecular weight excluding hydrogens is 244 g/mol. The first kappa shape index (κ1) is 14.0. The second kappa shape index (κ2) is 6.15. The van der Waals surface area contributed by atoms with Crippen LogP contribution in [0.25, 0.3) is 0 Å². The van der Waals surface area contributed by atoms with Crippen molar-refractivity contribution in [1.82, 2.24) is 10.2 Å². The van der Waals surface area contributed by atoms with Crippen LogP contribution in [0.5, 0.6) is 0 Å². The molecule has 1 aromatic rings. The van der Waals surface area contributed by atoms with Gasteiger partial charge in [0, 0.05) is 36.1 Å². The zero-order valence-corrected chi connectivity index (χ0v) is 12.4. The van der Waals surface area contributed by atoms with E-state index in [2.05, 4.69) is 48.5 Å². The number of rotatable bonds is 5. The van der Waals surface area contributed by atoms with E-state index >= 15 is 0 Å². The molecule has 2 heterocycles. The van der Waals surface area contributed by atoms with Crippen molar-refractivity contribution in [1.29, 1.82) is 0 Å². The summed E-state index contributed by atoms with van der Waals surface area (Å²) in [5, 5.41) is 5.79. The Morgan fingerprint density at radius 2 is 2.17 bits per heavy atom. The normalized spacial score (nSPS) is 19.9. The van der Waals surface area contributed by atoms with E-state index in [0.717, 1.165) is 32.8 Å². The van der Waals surface area contributed by atoms with Gasteiger partial charge in [0.15, 0.2) is 0 Å². The number of nitrogens with one attached hydrogen (secondary N) is 1. The molecule has 0 aromatic carbocycles. The lowest BCUT2D eigenvalue weighted by molar-refractivity contribution is -0.0102. The quantitative estimate of drug-likeness (QED) is 0.888. The van der Waals surface area contributed by atoms with Crippen molar-refractivity contribution in [2.75, 3.05) is 32.8 Å². The molecule has 0 spiro atoms. The molecular formula is C14H24N2OS. The molecule has 4 heteroatoms. The molecule has 18 heavy (non-hydrogen) atoms. The highest BCUT2D eigenvalue weighted by Gasteiger charge is 2.28. The highest BCUT2D eigenvalue weighted by molar-refractivity contribution is 7.10. The number of thiophene rings is 1. The van der Waals surface area contributed by atoms with Crippen LogP contribution in [-0.4, -0.2) is 43.3 Å². The van der Waals surface area contributed by atoms with Gasteiger partial charge in [0.1, 0.15) is 0 Å². The van der Waals surface area contributed by atoms with E-state index in [1.165, 1.54) is 4.88 Å². The molecule has 2 rings (SSSR count). The molecule has 0 aliphatic carbocycles. The third kappa shape index (κ3) is 3.54. The van der Waals surface area contributed by atoms with E-state index in [0.29, 0.717) is 6.04 Å². The van der Waals surface area contributed by atoms with Crippen LogP contribution in [0.3, 0.4) is 0 Å². The third-order valence-corrected chi connectivity index (χ3v) is 4.73. The van der Waals surface area contributed by atoms with Gasteiger partial charge in [-0.1, -0.05) is 6.07 Å². The second-order valence-electron chi connectivity index (χ2n) is 5.53. The summed E-state index contributed by atoms with van der Waals surface area (Å²) in [5.74, 6) is 0. The van der Waals surface area contributed by atoms with Crippen molar-refractivity contribution in [2.24, 2.45) is 0 Å². The number of hydrogen-bond acceptors (Lipinski definition) is 4. The summed E-state index contributed by atoms with van der Waals surface area (Å²) in [5.41, 5.74) is 0.190. The van der Waals surface area contributed by atoms with Crippen molar-refractivity contribution in [3.05, 3.63) is 22.4 Å². The van der Waals surface area contributed by atoms with Crippen molar-refractivity contribution in [3.8, 4) is 0 Å². The minimum absolute atomic E-state index is 0.190. The van der Waals surface area contributed by atoms with E-state index in [4.69, 9.17) is 4.74 Å². The average Bonchev–Trinajstić information content (AvgIpc) is 2.91. The Balaban J connectivity index is 1.84. The number of morpholine rings is 1. The molecule has 0 radical (unpaired) electrons. The topological polar surface area (TPSA) is 24.5 Å². The van der Waals surface area contributed by atoms with Crippen LogP contribution in [0.15, 0.2) is 17.5 Å². The van der Waals surface area contributed by atoms with Crippen LogP contribution in [0.1, 0.15) is 31.7 Å². The van der Waals surface area contributed by atoms with E-state index in [1.807, 2.05) is 11.3 Å². The van der Waals surface area contributed by atoms with Gasteiger partial charge in [0.05, 0.1) is 13.2 Å². The predicted octanol–water partition coefficient (Wildman–Crippen LogP) is 2.51. The van der Waals surface area contributed by atoms with Crippen molar-refractivity contribution in [3.63, 3.8) is 0 Å². The molecule has 102 valence electrons. The van der Waals surface area contributed by atoms with Gasteiger partial charge in [-0.3, -0.25) is 4.90 Å². The molecule has 1 saturated heterocycles. The molecule has 0 amide bonds. The van der Waals surface area contributed by atoms with Crippen molar-refractivity contribution < 1.29 is 4.74 Å². The summed E-state index contributed by atoms with van der Waals surface area (Å²) >= 11 is 1.82. The number of hydrogen-bond donors (Lipinski definition) is 1. The smallest absolute Gasteiger partial charge is 0.0594 e. The van der Waals surface area contributed by atoms with E-state index in [1.54, 1.807) is 0 Å². The fourth-order valence-corrected chi connectivity index (χ4v) is 3.08. The lowest BCUT2D eigenvalue weighted by Crippen LogP contribution is -2.54. The summed E-state index contributed by atoms with van der Waals surface area (Å²) < 4.78 is 5.42. The van der Waals surface area contributed by atoms with E-state index in [9.17, 15) is 0 Å². The molecule has 1 aliphatic rings. The Morgan fingerprint density at radius 3 is 2.78 bits per heavy atom. The highest BCUT2D eigenvalue weighted by atomic mass is 32.1. The van der Waals surface area contributed by atoms with Crippen LogP contribution in [0, 0.1) is 0 Å². The summed E-state index contributed by atoms with van der Waals surface area (Å²) in [6, 6.07) is 4.75. The van der Waals surface area contributed by atoms with Gasteiger partial charge in [-0.05, 0) is 32.2 Å². The summed E-state index contributed by atoms with van der Waals surface area (Å²) in [4.78, 5) is 3.93. The third-order valence-electron chi connectivity index (χ3n) is 3.68. The van der Waals surface area contributed by atoms with Crippen LogP contribution in [0.2, 0.25) is 0 Å². The summed E-state index contributed by atoms with van der Waals surface area (Å²) in [6.45, 7) is 11.7. The maximum absolute atomic E-state index is 5.42. The highest BCUT2D eigenvalue weighted by Crippen LogP contribution is 2.20. The van der Waals surface area contributed by atoms with Gasteiger partial charge in [-0.2, -0.15) is 0 Å². The van der Waals surface area contributed by atoms with Crippen LogP contribution in [0.4, 0.5) is 0 Å². The molecule has 1 N–H and O–H groups in total. The summed E-state index contributed by atoms with van der Waals surface area (Å²) in [6.07, 6.45) is 0. The van der Waals surface area contributed by atoms with Crippen LogP contribution < -0.4 is 5.32 Å². The van der Waals surface area contributed by atoms with Gasteiger partial charge >= 0.3 is 0 Å². The Labute approximate surface area is 114 Å². The minimum atomic E-state index is 0.190. The zero-order valence-electron chi connectivity index (χ0n) is 11.6. The predicted molar refractivity (Wildman–Crippen MR) is 77.2 cm³/mol. The molecule has 3 nitrogen and oxygen atoms in total. The molecule has 1 atom stereocenters. The SMILES string of the molecule is CC(NCC(C)(C)N1CCOCC1)c1cccs1. The molecule has 1 fully saturated rings. The maximum Gasteiger partial charge on any atom is 0.0594 e. The van der Waals surface area contributed by atoms with Crippen molar-refractivity contribution >= 4 is 11.3 Å². The van der Waals surface area contributed by atoms with Gasteiger partial charge in [-0.25, -0.2) is 0 Å². The second-order valence-corrected chi connectivity index (χ2v) is 6.51. The van der Waals surface area contributed by atoms with E-state index in [-0.39, 0.29) is 5.54 Å². The monoisotopic (exact) mass is 268 g/mol. The Morgan fingerprint density at radius 1 is 1.44 bits per heavy atom. The first-order chi connectivity index (χ1) is 8.59. The largest absolute Gasteiger partial charge is 0.379 e. The first-order valence-electron chi connectivity index (χ1n) is 6.69. The van der Waals surface area contributed by atoms with Crippen LogP contribution in [-0.2, 0) is 4.74 Å². The lowest BCUT2D eigenvalue weighted by atomic mass is 10.0. The van der Waals surface area contributed by atoms with Crippen LogP contribution >= 0.6 is 11.3 Å². The zero-order chi connectivity index (χ0) is 13.0. The number of ether oxygens (including phenoxy) is 1. The molecule has 1 aliphatic heterocycles. The molecule has 1 aromatic heterocycles. The van der Waals surface area contributed by atoms with Gasteiger partial charge in [0.2, 0.25) is 0 Å². The minimum Gasteiger partial charge on any atom is -0.379 e. The lowest BCUT2D eigenvalue weighted by Gasteiger charge is -2.41. The number of nitrogens with zero attached hydrogens (tertiary/aromatic N) is 1. The van der Waals surface area contributed by atoms with Gasteiger partial charge in [-0.15, -0.1) is 11.3 Å². The Bertz CT molecular complexity index is 345. The standard InChI is InChI=1S/C14H24N2OS/c1-12(13-5-4-10-18-13)15-11-14(2,3)16-6-8-17-9-7-16/h4-5,10,12,15H,6-9,11H2,1-3H3. The molecule has 1 unspecified atom stereocenters. The fraction of sp³-hybridized carbons (Fsp3) is 0.714. The first-order valence-corrected chi connectivity index (χ1v) is 7.57. The molecule has 0 saturated carbocycles.